The molecule has 1 unspecified atom stereocenters. The molecule has 0 fully saturated rings. The molecule has 0 saturated carbocycles. The average molecular weight is 211 g/mol. The SMILES string of the molecule is CC(C)CC(CO)Nc1ncc[nH]c1=O. The van der Waals surface area contributed by atoms with Crippen LogP contribution in [-0.4, -0.2) is 27.7 Å². The molecule has 1 aromatic rings. The van der Waals surface area contributed by atoms with Gasteiger partial charge in [0, 0.05) is 12.4 Å². The van der Waals surface area contributed by atoms with Crippen molar-refractivity contribution in [1.29, 1.82) is 0 Å². The predicted molar refractivity (Wildman–Crippen MR) is 58.8 cm³/mol. The first-order valence-corrected chi connectivity index (χ1v) is 5.04. The lowest BCUT2D eigenvalue weighted by Crippen LogP contribution is -2.29. The van der Waals surface area contributed by atoms with E-state index in [1.54, 1.807) is 0 Å². The second kappa shape index (κ2) is 5.50. The number of aromatic amines is 1. The molecular weight excluding hydrogens is 194 g/mol. The maximum absolute atomic E-state index is 11.3. The van der Waals surface area contributed by atoms with E-state index in [0.717, 1.165) is 6.42 Å². The van der Waals surface area contributed by atoms with Crippen LogP contribution >= 0.6 is 0 Å². The van der Waals surface area contributed by atoms with Crippen molar-refractivity contribution in [3.63, 3.8) is 0 Å². The van der Waals surface area contributed by atoms with Crippen LogP contribution in [0.1, 0.15) is 20.3 Å². The number of rotatable bonds is 5. The first-order chi connectivity index (χ1) is 7.13. The van der Waals surface area contributed by atoms with Gasteiger partial charge in [-0.15, -0.1) is 0 Å². The maximum Gasteiger partial charge on any atom is 0.290 e. The Hall–Kier alpha value is -1.36. The smallest absolute Gasteiger partial charge is 0.290 e. The topological polar surface area (TPSA) is 78.0 Å². The molecule has 5 heteroatoms. The van der Waals surface area contributed by atoms with Gasteiger partial charge < -0.3 is 15.4 Å². The summed E-state index contributed by atoms with van der Waals surface area (Å²) in [4.78, 5) is 17.7. The fraction of sp³-hybridized carbons (Fsp3) is 0.600. The van der Waals surface area contributed by atoms with Crippen LogP contribution in [-0.2, 0) is 0 Å². The summed E-state index contributed by atoms with van der Waals surface area (Å²) in [5, 5.41) is 12.0. The van der Waals surface area contributed by atoms with E-state index in [4.69, 9.17) is 5.11 Å². The van der Waals surface area contributed by atoms with E-state index in [0.29, 0.717) is 5.92 Å². The van der Waals surface area contributed by atoms with Crippen LogP contribution in [0.4, 0.5) is 5.82 Å². The minimum atomic E-state index is -0.264. The number of aliphatic hydroxyl groups is 1. The van der Waals surface area contributed by atoms with E-state index in [2.05, 4.69) is 29.1 Å². The van der Waals surface area contributed by atoms with Crippen LogP contribution in [0.5, 0.6) is 0 Å². The molecule has 0 spiro atoms. The molecule has 15 heavy (non-hydrogen) atoms. The number of aliphatic hydroxyl groups excluding tert-OH is 1. The van der Waals surface area contributed by atoms with Gasteiger partial charge in [-0.1, -0.05) is 13.8 Å². The lowest BCUT2D eigenvalue weighted by molar-refractivity contribution is 0.259. The summed E-state index contributed by atoms with van der Waals surface area (Å²) in [6.45, 7) is 4.12. The van der Waals surface area contributed by atoms with Crippen molar-refractivity contribution in [2.24, 2.45) is 5.92 Å². The van der Waals surface area contributed by atoms with E-state index < -0.39 is 0 Å². The molecule has 5 nitrogen and oxygen atoms in total. The third-order valence-electron chi connectivity index (χ3n) is 2.02. The summed E-state index contributed by atoms with van der Waals surface area (Å²) in [6, 6.07) is -0.124. The summed E-state index contributed by atoms with van der Waals surface area (Å²) in [5.41, 5.74) is -0.264. The molecule has 84 valence electrons. The number of H-pyrrole nitrogens is 1. The van der Waals surface area contributed by atoms with Crippen LogP contribution in [0, 0.1) is 5.92 Å². The van der Waals surface area contributed by atoms with Gasteiger partial charge in [-0.3, -0.25) is 4.79 Å². The third-order valence-corrected chi connectivity index (χ3v) is 2.02. The number of nitrogens with one attached hydrogen (secondary N) is 2. The Bertz CT molecular complexity index is 349. The zero-order valence-electron chi connectivity index (χ0n) is 9.03. The van der Waals surface area contributed by atoms with Crippen molar-refractivity contribution >= 4 is 5.82 Å². The number of anilines is 1. The van der Waals surface area contributed by atoms with Gasteiger partial charge in [0.25, 0.3) is 5.56 Å². The molecule has 0 aromatic carbocycles. The molecular formula is C10H17N3O2. The fourth-order valence-electron chi connectivity index (χ4n) is 1.40. The minimum Gasteiger partial charge on any atom is -0.394 e. The highest BCUT2D eigenvalue weighted by Crippen LogP contribution is 2.07. The van der Waals surface area contributed by atoms with Crippen molar-refractivity contribution < 1.29 is 5.11 Å². The lowest BCUT2D eigenvalue weighted by atomic mass is 10.0. The summed E-state index contributed by atoms with van der Waals surface area (Å²) in [5.74, 6) is 0.717. The van der Waals surface area contributed by atoms with Gasteiger partial charge >= 0.3 is 0 Å². The number of hydrogen-bond acceptors (Lipinski definition) is 4. The second-order valence-electron chi connectivity index (χ2n) is 3.92. The number of nitrogens with zero attached hydrogens (tertiary/aromatic N) is 1. The third kappa shape index (κ3) is 3.71. The molecule has 0 bridgehead atoms. The molecule has 0 aliphatic heterocycles. The normalized spacial score (nSPS) is 12.8. The van der Waals surface area contributed by atoms with Crippen LogP contribution in [0.25, 0.3) is 0 Å². The Morgan fingerprint density at radius 2 is 2.33 bits per heavy atom. The van der Waals surface area contributed by atoms with Crippen LogP contribution < -0.4 is 10.9 Å². The van der Waals surface area contributed by atoms with Crippen molar-refractivity contribution in [1.82, 2.24) is 9.97 Å². The van der Waals surface area contributed by atoms with E-state index >= 15 is 0 Å². The number of hydrogen-bond donors (Lipinski definition) is 3. The van der Waals surface area contributed by atoms with Crippen LogP contribution in [0.15, 0.2) is 17.2 Å². The first kappa shape index (κ1) is 11.7. The van der Waals surface area contributed by atoms with Crippen molar-refractivity contribution in [3.8, 4) is 0 Å². The van der Waals surface area contributed by atoms with Gasteiger partial charge in [-0.25, -0.2) is 4.98 Å². The monoisotopic (exact) mass is 211 g/mol. The Balaban J connectivity index is 2.67. The Morgan fingerprint density at radius 1 is 1.60 bits per heavy atom. The molecule has 0 radical (unpaired) electrons. The molecule has 0 amide bonds. The second-order valence-corrected chi connectivity index (χ2v) is 3.92. The van der Waals surface area contributed by atoms with Gasteiger partial charge in [0.2, 0.25) is 0 Å². The summed E-state index contributed by atoms with van der Waals surface area (Å²) < 4.78 is 0. The van der Waals surface area contributed by atoms with E-state index in [9.17, 15) is 4.79 Å². The van der Waals surface area contributed by atoms with Crippen LogP contribution in [0.2, 0.25) is 0 Å². The van der Waals surface area contributed by atoms with Gasteiger partial charge in [0.15, 0.2) is 5.82 Å². The van der Waals surface area contributed by atoms with Gasteiger partial charge in [0.1, 0.15) is 0 Å². The maximum atomic E-state index is 11.3. The standard InChI is InChI=1S/C10H17N3O2/c1-7(2)5-8(6-14)13-9-10(15)12-4-3-11-9/h3-4,7-8,14H,5-6H2,1-2H3,(H,11,13)(H,12,15). The summed E-state index contributed by atoms with van der Waals surface area (Å²) in [7, 11) is 0. The highest BCUT2D eigenvalue weighted by Gasteiger charge is 2.11. The van der Waals surface area contributed by atoms with Gasteiger partial charge in [-0.05, 0) is 12.3 Å². The van der Waals surface area contributed by atoms with Crippen LogP contribution in [0.3, 0.4) is 0 Å². The predicted octanol–water partition coefficient (Wildman–Crippen LogP) is 0.589. The molecule has 0 aliphatic rings. The van der Waals surface area contributed by atoms with E-state index in [-0.39, 0.29) is 24.0 Å². The summed E-state index contributed by atoms with van der Waals surface area (Å²) >= 11 is 0. The zero-order valence-corrected chi connectivity index (χ0v) is 9.03. The highest BCUT2D eigenvalue weighted by atomic mass is 16.3. The Morgan fingerprint density at radius 3 is 2.87 bits per heavy atom. The van der Waals surface area contributed by atoms with Crippen molar-refractivity contribution in [2.75, 3.05) is 11.9 Å². The Kier molecular flexibility index (Phi) is 4.30. The molecule has 3 N–H and O–H groups in total. The van der Waals surface area contributed by atoms with Gasteiger partial charge in [0.05, 0.1) is 12.6 Å². The lowest BCUT2D eigenvalue weighted by Gasteiger charge is -2.17. The van der Waals surface area contributed by atoms with Crippen molar-refractivity contribution in [2.45, 2.75) is 26.3 Å². The van der Waals surface area contributed by atoms with Gasteiger partial charge in [-0.2, -0.15) is 0 Å². The van der Waals surface area contributed by atoms with E-state index in [1.807, 2.05) is 0 Å². The van der Waals surface area contributed by atoms with E-state index in [1.165, 1.54) is 12.4 Å². The highest BCUT2D eigenvalue weighted by molar-refractivity contribution is 5.31. The minimum absolute atomic E-state index is 0.00576. The molecule has 0 saturated heterocycles. The molecule has 1 atom stereocenters. The van der Waals surface area contributed by atoms with Crippen molar-refractivity contribution in [3.05, 3.63) is 22.7 Å². The average Bonchev–Trinajstić information content (AvgIpc) is 2.19. The number of aromatic nitrogens is 2. The quantitative estimate of drug-likeness (QED) is 0.666. The molecule has 1 rings (SSSR count). The first-order valence-electron chi connectivity index (χ1n) is 5.04. The Labute approximate surface area is 88.6 Å². The zero-order chi connectivity index (χ0) is 11.3. The largest absolute Gasteiger partial charge is 0.394 e. The fourth-order valence-corrected chi connectivity index (χ4v) is 1.40. The molecule has 1 aromatic heterocycles. The summed E-state index contributed by atoms with van der Waals surface area (Å²) in [6.07, 6.45) is 3.78. The molecule has 1 heterocycles. The molecule has 0 aliphatic carbocycles.